The van der Waals surface area contributed by atoms with Crippen molar-refractivity contribution < 1.29 is 23.5 Å². The molecule has 3 rings (SSSR count). The van der Waals surface area contributed by atoms with Gasteiger partial charge in [-0.15, -0.1) is 0 Å². The number of aryl methyl sites for hydroxylation is 1. The van der Waals surface area contributed by atoms with Gasteiger partial charge < -0.3 is 9.67 Å². The first-order valence-electron chi connectivity index (χ1n) is 9.55. The van der Waals surface area contributed by atoms with Gasteiger partial charge in [-0.3, -0.25) is 10.0 Å². The maximum atomic E-state index is 12.1. The number of benzene rings is 1. The van der Waals surface area contributed by atoms with Crippen LogP contribution in [-0.4, -0.2) is 46.8 Å². The van der Waals surface area contributed by atoms with Crippen LogP contribution in [0.3, 0.4) is 0 Å². The minimum atomic E-state index is -3.74. The highest BCUT2D eigenvalue weighted by atomic mass is 32.2. The standard InChI is InChI=1S/C22H24N2O5S/c1-22(21(26)23-27,30(2,28)29)10-12-24-11-9-18-13-16(7-8-20(18)24)5-3-4-6-17-14-19(17)15-25/h7-9,11,13,17,19,25,27H,10,12,14-15H2,1-2H3,(H,23,26)/t17?,19-,22?/m1/s1. The maximum Gasteiger partial charge on any atom is 0.264 e. The van der Waals surface area contributed by atoms with Crippen molar-refractivity contribution in [3.8, 4) is 23.7 Å². The molecule has 1 aromatic carbocycles. The van der Waals surface area contributed by atoms with Crippen LogP contribution in [0.15, 0.2) is 30.5 Å². The number of hydroxylamine groups is 1. The average Bonchev–Trinajstić information content (AvgIpc) is 3.37. The molecule has 1 amide bonds. The van der Waals surface area contributed by atoms with Crippen LogP contribution in [-0.2, 0) is 21.2 Å². The van der Waals surface area contributed by atoms with Crippen molar-refractivity contribution in [2.24, 2.45) is 11.8 Å². The van der Waals surface area contributed by atoms with Crippen molar-refractivity contribution in [3.05, 3.63) is 36.0 Å². The van der Waals surface area contributed by atoms with E-state index in [9.17, 15) is 13.2 Å². The Hall–Kier alpha value is -2.78. The number of carbonyl (C=O) groups excluding carboxylic acids is 1. The molecule has 0 spiro atoms. The number of hydrogen-bond acceptors (Lipinski definition) is 5. The molecule has 1 aromatic heterocycles. The Bertz CT molecular complexity index is 1190. The molecule has 1 aliphatic carbocycles. The number of carbonyl (C=O) groups is 1. The fourth-order valence-corrected chi connectivity index (χ4v) is 4.10. The molecule has 1 heterocycles. The Morgan fingerprint density at radius 1 is 1.33 bits per heavy atom. The molecule has 1 saturated carbocycles. The molecule has 7 nitrogen and oxygen atoms in total. The largest absolute Gasteiger partial charge is 0.396 e. The van der Waals surface area contributed by atoms with E-state index >= 15 is 0 Å². The lowest BCUT2D eigenvalue weighted by Crippen LogP contribution is -2.49. The molecular weight excluding hydrogens is 404 g/mol. The Morgan fingerprint density at radius 3 is 2.73 bits per heavy atom. The summed E-state index contributed by atoms with van der Waals surface area (Å²) in [6.07, 6.45) is 3.75. The van der Waals surface area contributed by atoms with Crippen molar-refractivity contribution in [2.75, 3.05) is 12.9 Å². The van der Waals surface area contributed by atoms with Gasteiger partial charge in [0.15, 0.2) is 14.6 Å². The average molecular weight is 429 g/mol. The van der Waals surface area contributed by atoms with E-state index < -0.39 is 20.5 Å². The van der Waals surface area contributed by atoms with Gasteiger partial charge in [-0.2, -0.15) is 0 Å². The SMILES string of the molecule is CC(CCn1ccc2cc(C#CC#CC3C[C@@H]3CO)ccc21)(C(=O)NO)S(C)(=O)=O. The Labute approximate surface area is 176 Å². The molecule has 2 aromatic rings. The molecule has 1 fully saturated rings. The van der Waals surface area contributed by atoms with Crippen LogP contribution in [0.4, 0.5) is 0 Å². The highest BCUT2D eigenvalue weighted by Crippen LogP contribution is 2.36. The number of aliphatic hydroxyl groups excluding tert-OH is 1. The zero-order valence-electron chi connectivity index (χ0n) is 16.8. The summed E-state index contributed by atoms with van der Waals surface area (Å²) in [4.78, 5) is 12.0. The minimum absolute atomic E-state index is 0.00908. The van der Waals surface area contributed by atoms with Gasteiger partial charge in [0.1, 0.15) is 0 Å². The predicted octanol–water partition coefficient (Wildman–Crippen LogP) is 1.32. The van der Waals surface area contributed by atoms with E-state index in [2.05, 4.69) is 23.7 Å². The smallest absolute Gasteiger partial charge is 0.264 e. The minimum Gasteiger partial charge on any atom is -0.396 e. The first kappa shape index (κ1) is 21.9. The number of sulfone groups is 1. The number of aliphatic hydroxyl groups is 1. The summed E-state index contributed by atoms with van der Waals surface area (Å²) in [5.74, 6) is 11.3. The quantitative estimate of drug-likeness (QED) is 0.365. The molecule has 3 atom stereocenters. The van der Waals surface area contributed by atoms with Crippen LogP contribution in [0, 0.1) is 35.5 Å². The first-order chi connectivity index (χ1) is 14.2. The Kier molecular flexibility index (Phi) is 6.23. The lowest BCUT2D eigenvalue weighted by Gasteiger charge is -2.25. The lowest BCUT2D eigenvalue weighted by molar-refractivity contribution is -0.131. The molecular formula is C22H24N2O5S. The fraction of sp³-hybridized carbons (Fsp3) is 0.409. The molecule has 2 unspecified atom stereocenters. The molecule has 30 heavy (non-hydrogen) atoms. The second-order valence-electron chi connectivity index (χ2n) is 7.78. The third kappa shape index (κ3) is 4.52. The number of amides is 1. The van der Waals surface area contributed by atoms with Gasteiger partial charge >= 0.3 is 0 Å². The number of nitrogens with one attached hydrogen (secondary N) is 1. The summed E-state index contributed by atoms with van der Waals surface area (Å²) in [7, 11) is -3.74. The van der Waals surface area contributed by atoms with Crippen LogP contribution < -0.4 is 5.48 Å². The molecule has 3 N–H and O–H groups in total. The summed E-state index contributed by atoms with van der Waals surface area (Å²) >= 11 is 0. The summed E-state index contributed by atoms with van der Waals surface area (Å²) in [5, 5.41) is 18.9. The summed E-state index contributed by atoms with van der Waals surface area (Å²) in [6.45, 7) is 1.76. The van der Waals surface area contributed by atoms with Crippen molar-refractivity contribution in [3.63, 3.8) is 0 Å². The van der Waals surface area contributed by atoms with Crippen molar-refractivity contribution in [2.45, 2.75) is 31.1 Å². The second-order valence-corrected chi connectivity index (χ2v) is 10.2. The van der Waals surface area contributed by atoms with Crippen LogP contribution >= 0.6 is 0 Å². The van der Waals surface area contributed by atoms with Crippen LogP contribution in [0.1, 0.15) is 25.3 Å². The van der Waals surface area contributed by atoms with Gasteiger partial charge in [0.2, 0.25) is 0 Å². The number of hydrogen-bond donors (Lipinski definition) is 3. The lowest BCUT2D eigenvalue weighted by atomic mass is 10.1. The van der Waals surface area contributed by atoms with Gasteiger partial charge in [-0.1, -0.05) is 11.8 Å². The van der Waals surface area contributed by atoms with E-state index in [0.717, 1.165) is 29.1 Å². The van der Waals surface area contributed by atoms with Crippen LogP contribution in [0.5, 0.6) is 0 Å². The molecule has 0 aliphatic heterocycles. The molecule has 8 heteroatoms. The number of nitrogens with zero attached hydrogens (tertiary/aromatic N) is 1. The van der Waals surface area contributed by atoms with Gasteiger partial charge in [0.05, 0.1) is 0 Å². The highest BCUT2D eigenvalue weighted by molar-refractivity contribution is 7.92. The van der Waals surface area contributed by atoms with Gasteiger partial charge in [-0.25, -0.2) is 13.9 Å². The summed E-state index contributed by atoms with van der Waals surface area (Å²) < 4.78 is 24.3. The second kappa shape index (κ2) is 8.53. The topological polar surface area (TPSA) is 109 Å². The molecule has 0 radical (unpaired) electrons. The Balaban J connectivity index is 1.74. The van der Waals surface area contributed by atoms with E-state index in [1.165, 1.54) is 12.4 Å². The molecule has 0 saturated heterocycles. The monoisotopic (exact) mass is 428 g/mol. The van der Waals surface area contributed by atoms with Crippen molar-refractivity contribution >= 4 is 26.6 Å². The molecule has 1 aliphatic rings. The van der Waals surface area contributed by atoms with Crippen molar-refractivity contribution in [1.82, 2.24) is 10.0 Å². The number of fused-ring (bicyclic) bond motifs is 1. The zero-order chi connectivity index (χ0) is 21.9. The van der Waals surface area contributed by atoms with E-state index in [1.807, 2.05) is 35.0 Å². The van der Waals surface area contributed by atoms with E-state index in [0.29, 0.717) is 5.92 Å². The maximum absolute atomic E-state index is 12.1. The van der Waals surface area contributed by atoms with Gasteiger partial charge in [0.25, 0.3) is 5.91 Å². The van der Waals surface area contributed by atoms with E-state index in [1.54, 1.807) is 0 Å². The summed E-state index contributed by atoms with van der Waals surface area (Å²) in [6, 6.07) is 7.56. The predicted molar refractivity (Wildman–Crippen MR) is 113 cm³/mol. The molecule has 158 valence electrons. The van der Waals surface area contributed by atoms with E-state index in [-0.39, 0.29) is 25.5 Å². The summed E-state index contributed by atoms with van der Waals surface area (Å²) in [5.41, 5.74) is 3.16. The number of rotatable bonds is 6. The van der Waals surface area contributed by atoms with Crippen LogP contribution in [0.25, 0.3) is 10.9 Å². The number of aromatic nitrogens is 1. The van der Waals surface area contributed by atoms with Gasteiger partial charge in [-0.05, 0) is 61.8 Å². The van der Waals surface area contributed by atoms with E-state index in [4.69, 9.17) is 10.3 Å². The normalized spacial score (nSPS) is 19.7. The first-order valence-corrected chi connectivity index (χ1v) is 11.4. The Morgan fingerprint density at radius 2 is 2.10 bits per heavy atom. The van der Waals surface area contributed by atoms with Crippen molar-refractivity contribution in [1.29, 1.82) is 0 Å². The molecule has 0 bridgehead atoms. The fourth-order valence-electron chi connectivity index (χ4n) is 3.25. The third-order valence-electron chi connectivity index (χ3n) is 5.69. The third-order valence-corrected chi connectivity index (χ3v) is 7.71. The van der Waals surface area contributed by atoms with Crippen LogP contribution in [0.2, 0.25) is 0 Å². The van der Waals surface area contributed by atoms with Gasteiger partial charge in [0, 0.05) is 48.0 Å². The highest BCUT2D eigenvalue weighted by Gasteiger charge is 2.43. The zero-order valence-corrected chi connectivity index (χ0v) is 17.7.